The van der Waals surface area contributed by atoms with Crippen molar-refractivity contribution in [3.8, 4) is 0 Å². The number of likely N-dealkylation sites (N-methyl/N-ethyl adjacent to an activating group) is 1. The Balaban J connectivity index is 0. The first kappa shape index (κ1) is 16.6. The summed E-state index contributed by atoms with van der Waals surface area (Å²) >= 11 is 0. The molecule has 0 aromatic rings. The van der Waals surface area contributed by atoms with E-state index in [1.807, 2.05) is 7.05 Å². The molecule has 66 valence electrons. The largest absolute Gasteiger partial charge is 0.664 e. The average molecular weight is 319 g/mol. The molecule has 1 aliphatic rings. The maximum absolute atomic E-state index is 4.09. The van der Waals surface area contributed by atoms with Gasteiger partial charge in [0, 0.05) is 65.4 Å². The third-order valence-electron chi connectivity index (χ3n) is 2.09. The van der Waals surface area contributed by atoms with E-state index in [2.05, 4.69) is 10.2 Å². The van der Waals surface area contributed by atoms with Crippen molar-refractivity contribution in [2.45, 2.75) is 19.3 Å². The van der Waals surface area contributed by atoms with E-state index in [1.54, 1.807) is 0 Å². The van der Waals surface area contributed by atoms with E-state index in [9.17, 15) is 0 Å². The molecular formula is C8H17N2Y2-. The summed E-state index contributed by atoms with van der Waals surface area (Å²) in [6.45, 7) is 4.79. The van der Waals surface area contributed by atoms with Gasteiger partial charge in [-0.05, 0) is 32.5 Å². The summed E-state index contributed by atoms with van der Waals surface area (Å²) in [5.41, 5.74) is 0. The van der Waals surface area contributed by atoms with Gasteiger partial charge in [-0.3, -0.25) is 0 Å². The van der Waals surface area contributed by atoms with Crippen molar-refractivity contribution in [1.29, 1.82) is 0 Å². The topological polar surface area (TPSA) is 17.3 Å². The van der Waals surface area contributed by atoms with Crippen LogP contribution < -0.4 is 0 Å². The second-order valence-corrected chi connectivity index (χ2v) is 2.94. The Kier molecular flexibility index (Phi) is 15.5. The van der Waals surface area contributed by atoms with Crippen LogP contribution in [0, 0.1) is 0 Å². The molecule has 0 bridgehead atoms. The van der Waals surface area contributed by atoms with Crippen LogP contribution in [0.4, 0.5) is 0 Å². The van der Waals surface area contributed by atoms with E-state index in [0.717, 1.165) is 6.54 Å². The molecule has 0 aliphatic carbocycles. The van der Waals surface area contributed by atoms with Gasteiger partial charge in [-0.15, -0.1) is 6.54 Å². The number of rotatable bonds is 3. The Bertz CT molecular complexity index is 85.1. The average Bonchev–Trinajstić information content (AvgIpc) is 2.03. The minimum absolute atomic E-state index is 0. The monoisotopic (exact) mass is 319 g/mol. The van der Waals surface area contributed by atoms with Gasteiger partial charge in [0.2, 0.25) is 0 Å². The van der Waals surface area contributed by atoms with Crippen molar-refractivity contribution in [2.75, 3.05) is 33.2 Å². The van der Waals surface area contributed by atoms with E-state index in [0.29, 0.717) is 0 Å². The Hall–Kier alpha value is 2.13. The molecule has 0 aromatic carbocycles. The predicted molar refractivity (Wildman–Crippen MR) is 44.4 cm³/mol. The molecule has 0 unspecified atom stereocenters. The zero-order valence-electron chi connectivity index (χ0n) is 8.00. The van der Waals surface area contributed by atoms with Crippen molar-refractivity contribution in [2.24, 2.45) is 0 Å². The van der Waals surface area contributed by atoms with Crippen LogP contribution in [0.3, 0.4) is 0 Å². The van der Waals surface area contributed by atoms with Crippen molar-refractivity contribution >= 4 is 0 Å². The molecule has 0 aromatic heterocycles. The smallest absolute Gasteiger partial charge is 0 e. The van der Waals surface area contributed by atoms with Crippen LogP contribution >= 0.6 is 0 Å². The SMILES string of the molecule is C[N-]CCN1CCCCC1.[Y].[Y]. The third-order valence-corrected chi connectivity index (χ3v) is 2.09. The van der Waals surface area contributed by atoms with Crippen LogP contribution in [-0.4, -0.2) is 38.1 Å². The molecule has 0 atom stereocenters. The molecule has 0 N–H and O–H groups in total. The van der Waals surface area contributed by atoms with Gasteiger partial charge in [0.05, 0.1) is 0 Å². The molecule has 2 nitrogen and oxygen atoms in total. The molecule has 1 rings (SSSR count). The number of hydrogen-bond acceptors (Lipinski definition) is 1. The normalized spacial score (nSPS) is 17.8. The van der Waals surface area contributed by atoms with Crippen molar-refractivity contribution in [3.05, 3.63) is 5.32 Å². The Morgan fingerprint density at radius 2 is 1.67 bits per heavy atom. The number of nitrogens with zero attached hydrogens (tertiary/aromatic N) is 2. The summed E-state index contributed by atoms with van der Waals surface area (Å²) in [5, 5.41) is 4.09. The first-order valence-electron chi connectivity index (χ1n) is 4.21. The second kappa shape index (κ2) is 11.2. The Morgan fingerprint density at radius 1 is 1.08 bits per heavy atom. The first-order valence-corrected chi connectivity index (χ1v) is 4.21. The van der Waals surface area contributed by atoms with Crippen molar-refractivity contribution < 1.29 is 65.4 Å². The minimum Gasteiger partial charge on any atom is -0.664 e. The third kappa shape index (κ3) is 7.52. The fourth-order valence-corrected chi connectivity index (χ4v) is 1.42. The molecule has 1 heterocycles. The molecule has 12 heavy (non-hydrogen) atoms. The predicted octanol–water partition coefficient (Wildman–Crippen LogP) is 1.47. The van der Waals surface area contributed by atoms with Crippen LogP contribution in [0.1, 0.15) is 19.3 Å². The zero-order chi connectivity index (χ0) is 7.23. The van der Waals surface area contributed by atoms with Gasteiger partial charge in [0.1, 0.15) is 0 Å². The molecule has 0 saturated carbocycles. The van der Waals surface area contributed by atoms with Gasteiger partial charge >= 0.3 is 0 Å². The van der Waals surface area contributed by atoms with Gasteiger partial charge in [-0.2, -0.15) is 7.05 Å². The molecule has 2 radical (unpaired) electrons. The van der Waals surface area contributed by atoms with E-state index in [4.69, 9.17) is 0 Å². The van der Waals surface area contributed by atoms with Gasteiger partial charge in [0.25, 0.3) is 0 Å². The fourth-order valence-electron chi connectivity index (χ4n) is 1.42. The maximum atomic E-state index is 4.09. The van der Waals surface area contributed by atoms with Crippen LogP contribution in [0.15, 0.2) is 0 Å². The molecule has 1 aliphatic heterocycles. The first-order chi connectivity index (χ1) is 4.93. The summed E-state index contributed by atoms with van der Waals surface area (Å²) in [4.78, 5) is 2.51. The van der Waals surface area contributed by atoms with Crippen LogP contribution in [-0.2, 0) is 65.4 Å². The summed E-state index contributed by atoms with van der Waals surface area (Å²) in [5.74, 6) is 0. The minimum atomic E-state index is 0. The molecule has 0 spiro atoms. The van der Waals surface area contributed by atoms with Crippen molar-refractivity contribution in [1.82, 2.24) is 4.90 Å². The Morgan fingerprint density at radius 3 is 2.17 bits per heavy atom. The molecule has 0 amide bonds. The molecular weight excluding hydrogens is 302 g/mol. The molecule has 1 fully saturated rings. The summed E-state index contributed by atoms with van der Waals surface area (Å²) < 4.78 is 0. The van der Waals surface area contributed by atoms with Crippen LogP contribution in [0.5, 0.6) is 0 Å². The summed E-state index contributed by atoms with van der Waals surface area (Å²) in [6, 6.07) is 0. The molecule has 4 heteroatoms. The van der Waals surface area contributed by atoms with Crippen LogP contribution in [0.25, 0.3) is 5.32 Å². The fraction of sp³-hybridized carbons (Fsp3) is 1.00. The van der Waals surface area contributed by atoms with Gasteiger partial charge in [-0.1, -0.05) is 6.42 Å². The number of piperidine rings is 1. The van der Waals surface area contributed by atoms with E-state index < -0.39 is 0 Å². The van der Waals surface area contributed by atoms with E-state index in [1.165, 1.54) is 38.9 Å². The van der Waals surface area contributed by atoms with E-state index in [-0.39, 0.29) is 65.4 Å². The van der Waals surface area contributed by atoms with Gasteiger partial charge < -0.3 is 10.2 Å². The van der Waals surface area contributed by atoms with Gasteiger partial charge in [-0.25, -0.2) is 0 Å². The second-order valence-electron chi connectivity index (χ2n) is 2.94. The summed E-state index contributed by atoms with van der Waals surface area (Å²) in [6.07, 6.45) is 4.22. The standard InChI is InChI=1S/C8H17N2.2Y/c1-9-5-8-10-6-3-2-4-7-10;;/h2-8H2,1H3;;/q-1;;. The number of hydrogen-bond donors (Lipinski definition) is 0. The molecule has 1 saturated heterocycles. The quantitative estimate of drug-likeness (QED) is 0.770. The van der Waals surface area contributed by atoms with Crippen LogP contribution in [0.2, 0.25) is 0 Å². The van der Waals surface area contributed by atoms with Gasteiger partial charge in [0.15, 0.2) is 0 Å². The number of likely N-dealkylation sites (tertiary alicyclic amines) is 1. The zero-order valence-corrected chi connectivity index (χ0v) is 13.7. The van der Waals surface area contributed by atoms with E-state index >= 15 is 0 Å². The Labute approximate surface area is 126 Å². The summed E-state index contributed by atoms with van der Waals surface area (Å²) in [7, 11) is 1.89. The van der Waals surface area contributed by atoms with Crippen molar-refractivity contribution in [3.63, 3.8) is 0 Å². The maximum Gasteiger partial charge on any atom is 0 e.